The van der Waals surface area contributed by atoms with Crippen molar-refractivity contribution in [1.82, 2.24) is 0 Å². The molecule has 2 rings (SSSR count). The van der Waals surface area contributed by atoms with Gasteiger partial charge in [-0.1, -0.05) is 66.5 Å². The van der Waals surface area contributed by atoms with Crippen LogP contribution in [-0.2, 0) is 19.9 Å². The molecule has 1 N–H and O–H groups in total. The van der Waals surface area contributed by atoms with E-state index < -0.39 is 15.7 Å². The van der Waals surface area contributed by atoms with E-state index in [2.05, 4.69) is 0 Å². The van der Waals surface area contributed by atoms with Crippen LogP contribution < -0.4 is 0 Å². The first-order valence-corrected chi connectivity index (χ1v) is 11.0. The number of ketones is 1. The molecule has 0 radical (unpaired) electrons. The van der Waals surface area contributed by atoms with Gasteiger partial charge >= 0.3 is 0 Å². The smallest absolute Gasteiger partial charge is 0.268 e. The largest absolute Gasteiger partial charge is 0.306 e. The molecular weight excluding hydrogens is 421 g/mol. The van der Waals surface area contributed by atoms with Crippen LogP contribution in [0.4, 0.5) is 0 Å². The minimum absolute atomic E-state index is 0.195. The van der Waals surface area contributed by atoms with Crippen LogP contribution in [0.1, 0.15) is 42.6 Å². The number of carbonyl (C=O) groups excluding carboxylic acids is 1. The van der Waals surface area contributed by atoms with Gasteiger partial charge < -0.3 is 5.41 Å². The minimum atomic E-state index is -3.93. The summed E-state index contributed by atoms with van der Waals surface area (Å²) in [5.74, 6) is -0.516. The summed E-state index contributed by atoms with van der Waals surface area (Å²) in [4.78, 5) is 12.6. The van der Waals surface area contributed by atoms with Gasteiger partial charge in [0.05, 0.1) is 27.9 Å². The molecule has 1 unspecified atom stereocenters. The van der Waals surface area contributed by atoms with Crippen LogP contribution in [0, 0.1) is 5.41 Å². The molecule has 2 aromatic rings. The average Bonchev–Trinajstić information content (AvgIpc) is 2.64. The number of halogens is 2. The van der Waals surface area contributed by atoms with E-state index in [0.717, 1.165) is 0 Å². The van der Waals surface area contributed by atoms with E-state index in [1.54, 1.807) is 37.3 Å². The molecule has 8 heteroatoms. The molecule has 150 valence electrons. The van der Waals surface area contributed by atoms with Crippen molar-refractivity contribution in [1.29, 1.82) is 5.41 Å². The average molecular weight is 442 g/mol. The van der Waals surface area contributed by atoms with Crippen molar-refractivity contribution in [2.24, 2.45) is 0 Å². The second-order valence-electron chi connectivity index (χ2n) is 6.45. The fourth-order valence-corrected chi connectivity index (χ4v) is 4.25. The summed E-state index contributed by atoms with van der Waals surface area (Å²) in [7, 11) is -3.93. The molecule has 28 heavy (non-hydrogen) atoms. The molecule has 0 aliphatic heterocycles. The Morgan fingerprint density at radius 2 is 1.75 bits per heavy atom. The lowest BCUT2D eigenvalue weighted by Gasteiger charge is -2.30. The molecular formula is C20H21Cl2NO4S. The maximum Gasteiger partial charge on any atom is 0.268 e. The molecule has 0 aliphatic carbocycles. The first-order chi connectivity index (χ1) is 13.1. The highest BCUT2D eigenvalue weighted by Crippen LogP contribution is 2.34. The van der Waals surface area contributed by atoms with Crippen molar-refractivity contribution in [3.05, 3.63) is 69.7 Å². The molecule has 0 aromatic heterocycles. The fraction of sp³-hybridized carbons (Fsp3) is 0.300. The van der Waals surface area contributed by atoms with Crippen LogP contribution in [-0.4, -0.2) is 25.7 Å². The molecule has 0 amide bonds. The lowest BCUT2D eigenvalue weighted by molar-refractivity contribution is 0.0988. The number of rotatable bonds is 9. The van der Waals surface area contributed by atoms with Crippen molar-refractivity contribution in [3.63, 3.8) is 0 Å². The van der Waals surface area contributed by atoms with Crippen molar-refractivity contribution >= 4 is 44.8 Å². The molecule has 0 fully saturated rings. The lowest BCUT2D eigenvalue weighted by atomic mass is 9.87. The van der Waals surface area contributed by atoms with Crippen molar-refractivity contribution in [2.45, 2.75) is 32.3 Å². The second kappa shape index (κ2) is 9.18. The van der Waals surface area contributed by atoms with Gasteiger partial charge in [-0.05, 0) is 31.0 Å². The third-order valence-corrected chi connectivity index (χ3v) is 6.46. The van der Waals surface area contributed by atoms with Crippen LogP contribution in [0.3, 0.4) is 0 Å². The molecule has 2 aromatic carbocycles. The Hall–Kier alpha value is -1.73. The van der Waals surface area contributed by atoms with Gasteiger partial charge in [-0.3, -0.25) is 8.98 Å². The Morgan fingerprint density at radius 1 is 1.11 bits per heavy atom. The number of hydrogen-bond donors (Lipinski definition) is 1. The van der Waals surface area contributed by atoms with Gasteiger partial charge in [-0.15, -0.1) is 0 Å². The Balaban J connectivity index is 2.43. The third-order valence-electron chi connectivity index (χ3n) is 4.23. The molecule has 0 saturated heterocycles. The van der Waals surface area contributed by atoms with Gasteiger partial charge in [0.1, 0.15) is 5.60 Å². The Morgan fingerprint density at radius 3 is 2.32 bits per heavy atom. The standard InChI is InChI=1S/C20H21Cl2NO4S/c1-3-11-28(25,26)27-20(2,15-9-10-16(21)17(22)12-15)19(23)13-18(24)14-7-5-4-6-8-14/h4-10,12,23H,3,11,13H2,1-2H3. The van der Waals surface area contributed by atoms with Gasteiger partial charge in [0.25, 0.3) is 10.1 Å². The van der Waals surface area contributed by atoms with E-state index >= 15 is 0 Å². The molecule has 0 aliphatic rings. The number of benzene rings is 2. The maximum atomic E-state index is 12.6. The highest BCUT2D eigenvalue weighted by atomic mass is 35.5. The summed E-state index contributed by atoms with van der Waals surface area (Å²) in [6, 6.07) is 13.0. The van der Waals surface area contributed by atoms with Crippen LogP contribution in [0.15, 0.2) is 48.5 Å². The molecule has 0 heterocycles. The SMILES string of the molecule is CCCS(=O)(=O)OC(C)(C(=N)CC(=O)c1ccccc1)c1ccc(Cl)c(Cl)c1. The highest BCUT2D eigenvalue weighted by molar-refractivity contribution is 7.86. The van der Waals surface area contributed by atoms with E-state index in [4.69, 9.17) is 32.8 Å². The monoisotopic (exact) mass is 441 g/mol. The molecule has 5 nitrogen and oxygen atoms in total. The zero-order chi connectivity index (χ0) is 20.9. The maximum absolute atomic E-state index is 12.6. The highest BCUT2D eigenvalue weighted by Gasteiger charge is 2.39. The summed E-state index contributed by atoms with van der Waals surface area (Å²) < 4.78 is 30.2. The van der Waals surface area contributed by atoms with Crippen molar-refractivity contribution < 1.29 is 17.4 Å². The number of carbonyl (C=O) groups is 1. The topological polar surface area (TPSA) is 84.3 Å². The van der Waals surface area contributed by atoms with Crippen LogP contribution >= 0.6 is 23.2 Å². The summed E-state index contributed by atoms with van der Waals surface area (Å²) in [6.45, 7) is 3.15. The van der Waals surface area contributed by atoms with Crippen molar-refractivity contribution in [2.75, 3.05) is 5.75 Å². The summed E-state index contributed by atoms with van der Waals surface area (Å²) >= 11 is 12.0. The normalized spacial score (nSPS) is 13.7. The van der Waals surface area contributed by atoms with Crippen LogP contribution in [0.25, 0.3) is 0 Å². The lowest BCUT2D eigenvalue weighted by Crippen LogP contribution is -2.39. The van der Waals surface area contributed by atoms with E-state index in [9.17, 15) is 13.2 Å². The summed E-state index contributed by atoms with van der Waals surface area (Å²) in [5, 5.41) is 9.00. The number of Topliss-reactive ketones (excluding diaryl/α,β-unsaturated/α-hetero) is 1. The fourth-order valence-electron chi connectivity index (χ4n) is 2.67. The summed E-state index contributed by atoms with van der Waals surface area (Å²) in [6.07, 6.45) is 0.0540. The van der Waals surface area contributed by atoms with Gasteiger partial charge in [-0.2, -0.15) is 8.42 Å². The van der Waals surface area contributed by atoms with Crippen molar-refractivity contribution in [3.8, 4) is 0 Å². The van der Waals surface area contributed by atoms with Gasteiger partial charge in [0.15, 0.2) is 5.78 Å². The minimum Gasteiger partial charge on any atom is -0.306 e. The van der Waals surface area contributed by atoms with Gasteiger partial charge in [-0.25, -0.2) is 0 Å². The van der Waals surface area contributed by atoms with Crippen LogP contribution in [0.2, 0.25) is 10.0 Å². The Labute approximate surface area is 175 Å². The Bertz CT molecular complexity index is 977. The van der Waals surface area contributed by atoms with Gasteiger partial charge in [0.2, 0.25) is 0 Å². The molecule has 0 spiro atoms. The first kappa shape index (κ1) is 22.6. The van der Waals surface area contributed by atoms with E-state index in [1.165, 1.54) is 25.1 Å². The quantitative estimate of drug-likeness (QED) is 0.326. The Kier molecular flexibility index (Phi) is 7.39. The van der Waals surface area contributed by atoms with E-state index in [1.807, 2.05) is 0 Å². The molecule has 0 bridgehead atoms. The number of nitrogens with one attached hydrogen (secondary N) is 1. The van der Waals surface area contributed by atoms with Crippen LogP contribution in [0.5, 0.6) is 0 Å². The molecule has 0 saturated carbocycles. The van der Waals surface area contributed by atoms with E-state index in [-0.39, 0.29) is 33.7 Å². The zero-order valence-corrected chi connectivity index (χ0v) is 17.9. The predicted octanol–water partition coefficient (Wildman–Crippen LogP) is 5.26. The van der Waals surface area contributed by atoms with E-state index in [0.29, 0.717) is 17.5 Å². The predicted molar refractivity (Wildman–Crippen MR) is 112 cm³/mol. The molecule has 1 atom stereocenters. The third kappa shape index (κ3) is 5.41. The first-order valence-electron chi connectivity index (χ1n) is 8.64. The second-order valence-corrected chi connectivity index (χ2v) is 8.96. The summed E-state index contributed by atoms with van der Waals surface area (Å²) in [5.41, 5.74) is -1.13. The van der Waals surface area contributed by atoms with Gasteiger partial charge in [0, 0.05) is 5.56 Å². The zero-order valence-electron chi connectivity index (χ0n) is 15.5. The number of hydrogen-bond acceptors (Lipinski definition) is 5.